The van der Waals surface area contributed by atoms with Crippen LogP contribution in [-0.4, -0.2) is 29.7 Å². The van der Waals surface area contributed by atoms with Crippen molar-refractivity contribution < 1.29 is 19.4 Å². The Labute approximate surface area is 160 Å². The molecule has 26 heavy (non-hydrogen) atoms. The zero-order valence-corrected chi connectivity index (χ0v) is 16.8. The lowest BCUT2D eigenvalue weighted by molar-refractivity contribution is -0.144. The molecular formula is C21H41NO4. The van der Waals surface area contributed by atoms with Crippen molar-refractivity contribution in [2.75, 3.05) is 6.61 Å². The molecule has 0 aromatic carbocycles. The maximum atomic E-state index is 11.4. The fourth-order valence-corrected chi connectivity index (χ4v) is 2.95. The van der Waals surface area contributed by atoms with Gasteiger partial charge in [0.15, 0.2) is 0 Å². The van der Waals surface area contributed by atoms with E-state index in [0.717, 1.165) is 12.8 Å². The summed E-state index contributed by atoms with van der Waals surface area (Å²) in [6.45, 7) is 2.69. The molecule has 0 aromatic heterocycles. The van der Waals surface area contributed by atoms with Crippen molar-refractivity contribution in [2.24, 2.45) is 5.73 Å². The molecule has 0 bridgehead atoms. The van der Waals surface area contributed by atoms with Gasteiger partial charge in [-0.15, -0.1) is 0 Å². The van der Waals surface area contributed by atoms with E-state index in [4.69, 9.17) is 15.6 Å². The van der Waals surface area contributed by atoms with E-state index in [1.54, 1.807) is 0 Å². The average molecular weight is 372 g/mol. The van der Waals surface area contributed by atoms with E-state index in [-0.39, 0.29) is 18.8 Å². The molecule has 0 saturated carbocycles. The number of nitrogens with two attached hydrogens (primary N) is 1. The molecule has 5 heteroatoms. The first-order chi connectivity index (χ1) is 12.6. The molecular weight excluding hydrogens is 330 g/mol. The lowest BCUT2D eigenvalue weighted by Crippen LogP contribution is -2.30. The van der Waals surface area contributed by atoms with Crippen molar-refractivity contribution in [3.8, 4) is 0 Å². The van der Waals surface area contributed by atoms with Gasteiger partial charge in [0.25, 0.3) is 0 Å². The van der Waals surface area contributed by atoms with Gasteiger partial charge in [-0.3, -0.25) is 9.59 Å². The van der Waals surface area contributed by atoms with Crippen molar-refractivity contribution in [1.82, 2.24) is 0 Å². The van der Waals surface area contributed by atoms with Gasteiger partial charge in [0, 0.05) is 6.42 Å². The molecule has 0 aliphatic carbocycles. The second-order valence-corrected chi connectivity index (χ2v) is 7.30. The predicted molar refractivity (Wildman–Crippen MR) is 106 cm³/mol. The minimum atomic E-state index is -1.08. The minimum absolute atomic E-state index is 0.0755. The normalized spacial score (nSPS) is 12.1. The summed E-state index contributed by atoms with van der Waals surface area (Å²) < 4.78 is 5.09. The first-order valence-electron chi connectivity index (χ1n) is 10.7. The smallest absolute Gasteiger partial charge is 0.320 e. The van der Waals surface area contributed by atoms with Crippen LogP contribution in [0.3, 0.4) is 0 Å². The molecule has 0 radical (unpaired) electrons. The second kappa shape index (κ2) is 18.7. The summed E-state index contributed by atoms with van der Waals surface area (Å²) in [5, 5.41) is 8.63. The van der Waals surface area contributed by atoms with Gasteiger partial charge >= 0.3 is 11.9 Å². The van der Waals surface area contributed by atoms with Gasteiger partial charge in [0.05, 0.1) is 6.61 Å². The third-order valence-electron chi connectivity index (χ3n) is 4.74. The van der Waals surface area contributed by atoms with Crippen molar-refractivity contribution in [1.29, 1.82) is 0 Å². The maximum Gasteiger partial charge on any atom is 0.320 e. The molecule has 0 aliphatic heterocycles. The molecule has 0 aromatic rings. The lowest BCUT2D eigenvalue weighted by Gasteiger charge is -2.07. The molecule has 0 unspecified atom stereocenters. The van der Waals surface area contributed by atoms with Gasteiger partial charge in [-0.1, -0.05) is 90.4 Å². The van der Waals surface area contributed by atoms with Crippen LogP contribution in [0.15, 0.2) is 0 Å². The Morgan fingerprint density at radius 3 is 1.65 bits per heavy atom. The van der Waals surface area contributed by atoms with Gasteiger partial charge in [-0.05, 0) is 12.8 Å². The number of rotatable bonds is 19. The Kier molecular flexibility index (Phi) is 17.9. The van der Waals surface area contributed by atoms with E-state index in [9.17, 15) is 9.59 Å². The van der Waals surface area contributed by atoms with Crippen LogP contribution in [0.1, 0.15) is 110 Å². The van der Waals surface area contributed by atoms with Gasteiger partial charge in [-0.25, -0.2) is 0 Å². The highest BCUT2D eigenvalue weighted by atomic mass is 16.5. The largest absolute Gasteiger partial charge is 0.480 e. The first-order valence-corrected chi connectivity index (χ1v) is 10.7. The number of aliphatic carboxylic acids is 1. The van der Waals surface area contributed by atoms with E-state index in [1.165, 1.54) is 77.0 Å². The number of carboxylic acids is 1. The number of hydrogen-bond acceptors (Lipinski definition) is 4. The molecule has 1 atom stereocenters. The standard InChI is InChI=1S/C21H41NO4/c1-2-3-4-5-6-7-8-9-10-11-12-13-14-15-18-26-20(23)17-16-19(22)21(24)25/h19H,2-18,22H2,1H3,(H,24,25)/t19-/m0/s1. The molecule has 154 valence electrons. The molecule has 0 amide bonds. The van der Waals surface area contributed by atoms with Crippen LogP contribution in [0.5, 0.6) is 0 Å². The van der Waals surface area contributed by atoms with Gasteiger partial charge in [0.1, 0.15) is 6.04 Å². The highest BCUT2D eigenvalue weighted by molar-refractivity contribution is 5.75. The SMILES string of the molecule is CCCCCCCCCCCCCCCCOC(=O)CC[C@H](N)C(=O)O. The molecule has 0 rings (SSSR count). The number of carboxylic acid groups (broad SMARTS) is 1. The van der Waals surface area contributed by atoms with E-state index < -0.39 is 12.0 Å². The summed E-state index contributed by atoms with van der Waals surface area (Å²) in [4.78, 5) is 22.0. The monoisotopic (exact) mass is 371 g/mol. The number of carbonyl (C=O) groups is 2. The molecule has 0 heterocycles. The Bertz CT molecular complexity index is 347. The van der Waals surface area contributed by atoms with E-state index in [0.29, 0.717) is 6.61 Å². The fraction of sp³-hybridized carbons (Fsp3) is 0.905. The van der Waals surface area contributed by atoms with Crippen LogP contribution in [-0.2, 0) is 14.3 Å². The minimum Gasteiger partial charge on any atom is -0.480 e. The topological polar surface area (TPSA) is 89.6 Å². The maximum absolute atomic E-state index is 11.4. The summed E-state index contributed by atoms with van der Waals surface area (Å²) in [7, 11) is 0. The van der Waals surface area contributed by atoms with Crippen LogP contribution in [0.4, 0.5) is 0 Å². The Morgan fingerprint density at radius 1 is 0.808 bits per heavy atom. The number of unbranched alkanes of at least 4 members (excludes halogenated alkanes) is 13. The summed E-state index contributed by atoms with van der Waals surface area (Å²) in [5.74, 6) is -1.43. The Morgan fingerprint density at radius 2 is 1.23 bits per heavy atom. The predicted octanol–water partition coefficient (Wildman–Crippen LogP) is 5.20. The zero-order valence-electron chi connectivity index (χ0n) is 16.8. The Balaban J connectivity index is 3.19. The summed E-state index contributed by atoms with van der Waals surface area (Å²) in [5.41, 5.74) is 5.34. The van der Waals surface area contributed by atoms with Gasteiger partial charge in [-0.2, -0.15) is 0 Å². The van der Waals surface area contributed by atoms with Crippen molar-refractivity contribution in [2.45, 2.75) is 116 Å². The molecule has 0 saturated heterocycles. The van der Waals surface area contributed by atoms with Gasteiger partial charge in [0.2, 0.25) is 0 Å². The van der Waals surface area contributed by atoms with E-state index in [1.807, 2.05) is 0 Å². The van der Waals surface area contributed by atoms with E-state index >= 15 is 0 Å². The van der Waals surface area contributed by atoms with Crippen LogP contribution in [0, 0.1) is 0 Å². The van der Waals surface area contributed by atoms with Crippen molar-refractivity contribution in [3.63, 3.8) is 0 Å². The van der Waals surface area contributed by atoms with Gasteiger partial charge < -0.3 is 15.6 Å². The van der Waals surface area contributed by atoms with Crippen LogP contribution >= 0.6 is 0 Å². The first kappa shape index (κ1) is 24.9. The highest BCUT2D eigenvalue weighted by Gasteiger charge is 2.13. The molecule has 5 nitrogen and oxygen atoms in total. The van der Waals surface area contributed by atoms with Crippen LogP contribution in [0.2, 0.25) is 0 Å². The summed E-state index contributed by atoms with van der Waals surface area (Å²) in [6.07, 6.45) is 18.3. The zero-order chi connectivity index (χ0) is 19.5. The third-order valence-corrected chi connectivity index (χ3v) is 4.74. The van der Waals surface area contributed by atoms with Crippen LogP contribution < -0.4 is 5.73 Å². The fourth-order valence-electron chi connectivity index (χ4n) is 2.95. The lowest BCUT2D eigenvalue weighted by atomic mass is 10.0. The second-order valence-electron chi connectivity index (χ2n) is 7.30. The quantitative estimate of drug-likeness (QED) is 0.240. The summed E-state index contributed by atoms with van der Waals surface area (Å²) in [6, 6.07) is -0.983. The number of esters is 1. The molecule has 0 spiro atoms. The average Bonchev–Trinajstić information content (AvgIpc) is 2.62. The Hall–Kier alpha value is -1.10. The van der Waals surface area contributed by atoms with Crippen molar-refractivity contribution >= 4 is 11.9 Å². The summed E-state index contributed by atoms with van der Waals surface area (Å²) >= 11 is 0. The van der Waals surface area contributed by atoms with Crippen molar-refractivity contribution in [3.05, 3.63) is 0 Å². The molecule has 0 fully saturated rings. The number of hydrogen-bond donors (Lipinski definition) is 2. The van der Waals surface area contributed by atoms with E-state index in [2.05, 4.69) is 6.92 Å². The number of ether oxygens (including phenoxy) is 1. The molecule has 0 aliphatic rings. The van der Waals surface area contributed by atoms with Crippen LogP contribution in [0.25, 0.3) is 0 Å². The highest BCUT2D eigenvalue weighted by Crippen LogP contribution is 2.13. The molecule has 3 N–H and O–H groups in total. The number of carbonyl (C=O) groups excluding carboxylic acids is 1. The third kappa shape index (κ3) is 17.7.